The summed E-state index contributed by atoms with van der Waals surface area (Å²) in [4.78, 5) is 29.2. The maximum atomic E-state index is 4.48. The highest BCUT2D eigenvalue weighted by atomic mass is 32.2. The van der Waals surface area contributed by atoms with Crippen LogP contribution in [-0.4, -0.2) is 54.8 Å². The molecule has 5 rings (SSSR count). The summed E-state index contributed by atoms with van der Waals surface area (Å²) < 4.78 is 2.00. The number of anilines is 2. The molecular formula is C19H17N9S. The van der Waals surface area contributed by atoms with Crippen molar-refractivity contribution >= 4 is 46.6 Å². The summed E-state index contributed by atoms with van der Waals surface area (Å²) in [5.74, 6) is 1.34. The van der Waals surface area contributed by atoms with Crippen LogP contribution >= 0.6 is 11.8 Å². The lowest BCUT2D eigenvalue weighted by molar-refractivity contribution is 0.643. The van der Waals surface area contributed by atoms with E-state index in [0.29, 0.717) is 17.9 Å². The fourth-order valence-electron chi connectivity index (χ4n) is 3.02. The molecule has 0 spiro atoms. The Kier molecular flexibility index (Phi) is 4.32. The van der Waals surface area contributed by atoms with Crippen molar-refractivity contribution < 1.29 is 0 Å². The summed E-state index contributed by atoms with van der Waals surface area (Å²) in [5.41, 5.74) is 3.58. The van der Waals surface area contributed by atoms with E-state index in [9.17, 15) is 0 Å². The molecule has 9 nitrogen and oxygen atoms in total. The van der Waals surface area contributed by atoms with E-state index in [4.69, 9.17) is 0 Å². The average Bonchev–Trinajstić information content (AvgIpc) is 3.14. The Morgan fingerprint density at radius 2 is 2.03 bits per heavy atom. The zero-order valence-electron chi connectivity index (χ0n) is 15.8. The lowest BCUT2D eigenvalue weighted by atomic mass is 10.2. The molecule has 29 heavy (non-hydrogen) atoms. The van der Waals surface area contributed by atoms with Crippen molar-refractivity contribution in [2.75, 3.05) is 19.4 Å². The van der Waals surface area contributed by atoms with E-state index in [1.54, 1.807) is 36.8 Å². The minimum absolute atomic E-state index is 0.557. The molecule has 10 heteroatoms. The summed E-state index contributed by atoms with van der Waals surface area (Å²) in [6.07, 6.45) is 8.39. The molecule has 0 atom stereocenters. The second-order valence-corrected chi connectivity index (χ2v) is 7.75. The predicted molar refractivity (Wildman–Crippen MR) is 112 cm³/mol. The molecule has 0 unspecified atom stereocenters. The van der Waals surface area contributed by atoms with Gasteiger partial charge >= 0.3 is 0 Å². The summed E-state index contributed by atoms with van der Waals surface area (Å²) >= 11 is 1.62. The molecule has 0 saturated heterocycles. The highest BCUT2D eigenvalue weighted by Gasteiger charge is 2.18. The number of nitrogens with zero attached hydrogens (tertiary/aromatic N) is 8. The van der Waals surface area contributed by atoms with Gasteiger partial charge in [-0.25, -0.2) is 29.9 Å². The van der Waals surface area contributed by atoms with Crippen LogP contribution < -0.4 is 5.32 Å². The number of hydrogen-bond donors (Lipinski definition) is 1. The highest BCUT2D eigenvalue weighted by molar-refractivity contribution is 7.99. The molecule has 4 heterocycles. The van der Waals surface area contributed by atoms with Gasteiger partial charge < -0.3 is 14.8 Å². The molecule has 1 aliphatic rings. The van der Waals surface area contributed by atoms with E-state index in [1.165, 1.54) is 6.33 Å². The molecule has 0 aliphatic carbocycles. The molecule has 0 amide bonds. The third kappa shape index (κ3) is 3.38. The van der Waals surface area contributed by atoms with Gasteiger partial charge in [-0.3, -0.25) is 0 Å². The number of aromatic nitrogens is 6. The first-order valence-electron chi connectivity index (χ1n) is 8.92. The van der Waals surface area contributed by atoms with Gasteiger partial charge in [-0.15, -0.1) is 0 Å². The van der Waals surface area contributed by atoms with Crippen LogP contribution in [0.4, 0.5) is 17.3 Å². The van der Waals surface area contributed by atoms with Gasteiger partial charge in [0.15, 0.2) is 22.8 Å². The highest BCUT2D eigenvalue weighted by Crippen LogP contribution is 2.42. The number of aliphatic imine (C=N–C) groups is 1. The van der Waals surface area contributed by atoms with Gasteiger partial charge in [-0.05, 0) is 17.7 Å². The van der Waals surface area contributed by atoms with E-state index in [2.05, 4.69) is 53.4 Å². The van der Waals surface area contributed by atoms with Crippen LogP contribution in [0.1, 0.15) is 5.56 Å². The van der Waals surface area contributed by atoms with Crippen LogP contribution in [0, 0.1) is 0 Å². The molecular weight excluding hydrogens is 386 g/mol. The van der Waals surface area contributed by atoms with Crippen molar-refractivity contribution in [3.63, 3.8) is 0 Å². The number of nitrogens with one attached hydrogen (secondary N) is 1. The summed E-state index contributed by atoms with van der Waals surface area (Å²) in [7, 11) is 3.82. The van der Waals surface area contributed by atoms with Crippen LogP contribution in [0.3, 0.4) is 0 Å². The lowest BCUT2D eigenvalue weighted by Gasteiger charge is -2.19. The zero-order valence-corrected chi connectivity index (χ0v) is 16.6. The molecule has 3 aromatic heterocycles. The van der Waals surface area contributed by atoms with Crippen molar-refractivity contribution in [1.29, 1.82) is 0 Å². The van der Waals surface area contributed by atoms with Gasteiger partial charge in [0.1, 0.15) is 11.4 Å². The molecule has 0 saturated carbocycles. The van der Waals surface area contributed by atoms with Crippen LogP contribution in [0.25, 0.3) is 11.2 Å². The summed E-state index contributed by atoms with van der Waals surface area (Å²) in [5, 5.41) is 4.25. The van der Waals surface area contributed by atoms with Crippen molar-refractivity contribution in [2.24, 2.45) is 4.99 Å². The third-order valence-corrected chi connectivity index (χ3v) is 5.38. The number of rotatable bonds is 4. The number of imidazole rings is 1. The Balaban J connectivity index is 1.44. The van der Waals surface area contributed by atoms with Gasteiger partial charge in [-0.2, -0.15) is 0 Å². The topological polar surface area (TPSA) is 97.0 Å². The lowest BCUT2D eigenvalue weighted by Crippen LogP contribution is -2.07. The van der Waals surface area contributed by atoms with Gasteiger partial charge in [0, 0.05) is 31.4 Å². The smallest absolute Gasteiger partial charge is 0.184 e. The van der Waals surface area contributed by atoms with Crippen LogP contribution in [-0.2, 0) is 6.54 Å². The van der Waals surface area contributed by atoms with E-state index < -0.39 is 0 Å². The molecule has 0 bridgehead atoms. The molecule has 1 N–H and O–H groups in total. The van der Waals surface area contributed by atoms with Gasteiger partial charge in [0.25, 0.3) is 0 Å². The summed E-state index contributed by atoms with van der Waals surface area (Å²) in [6.45, 7) is 0.636. The fourth-order valence-corrected chi connectivity index (χ4v) is 3.90. The van der Waals surface area contributed by atoms with Crippen LogP contribution in [0.2, 0.25) is 0 Å². The minimum atomic E-state index is 0.557. The zero-order chi connectivity index (χ0) is 19.8. The maximum absolute atomic E-state index is 4.48. The van der Waals surface area contributed by atoms with Gasteiger partial charge in [0.05, 0.1) is 24.9 Å². The third-order valence-electron chi connectivity index (χ3n) is 4.31. The van der Waals surface area contributed by atoms with Crippen LogP contribution in [0.15, 0.2) is 58.2 Å². The van der Waals surface area contributed by atoms with Crippen molar-refractivity contribution in [3.05, 3.63) is 48.8 Å². The Morgan fingerprint density at radius 3 is 2.93 bits per heavy atom. The molecule has 0 radical (unpaired) electrons. The monoisotopic (exact) mass is 403 g/mol. The Bertz CT molecular complexity index is 1230. The molecule has 1 aromatic carbocycles. The van der Waals surface area contributed by atoms with E-state index in [-0.39, 0.29) is 0 Å². The first-order chi connectivity index (χ1) is 14.2. The minimum Gasteiger partial charge on any atom is -0.369 e. The Hall–Kier alpha value is -3.53. The Morgan fingerprint density at radius 1 is 1.14 bits per heavy atom. The number of fused-ring (bicyclic) bond motifs is 3. The largest absolute Gasteiger partial charge is 0.369 e. The summed E-state index contributed by atoms with van der Waals surface area (Å²) in [6, 6.07) is 6.33. The standard InChI is InChI=1S/C19H17N9S/c1-27(2)10-25-16-15-18(23-9-22-16)28(11-24-15)8-12-3-4-14-13(7-12)26-17-19(29-14)21-6-5-20-17/h3-7,9-11H,8H2,1-2H3,(H,20,26). The van der Waals surface area contributed by atoms with Gasteiger partial charge in [-0.1, -0.05) is 17.8 Å². The Labute approximate surface area is 171 Å². The predicted octanol–water partition coefficient (Wildman–Crippen LogP) is 3.09. The molecule has 0 fully saturated rings. The first-order valence-corrected chi connectivity index (χ1v) is 9.74. The second kappa shape index (κ2) is 7.13. The molecule has 1 aliphatic heterocycles. The molecule has 144 valence electrons. The maximum Gasteiger partial charge on any atom is 0.184 e. The first kappa shape index (κ1) is 17.6. The van der Waals surface area contributed by atoms with E-state index in [1.807, 2.05) is 23.6 Å². The van der Waals surface area contributed by atoms with Crippen molar-refractivity contribution in [2.45, 2.75) is 16.5 Å². The number of hydrogen-bond acceptors (Lipinski definition) is 8. The van der Waals surface area contributed by atoms with E-state index in [0.717, 1.165) is 32.6 Å². The fraction of sp³-hybridized carbons (Fsp3) is 0.158. The molecule has 4 aromatic rings. The van der Waals surface area contributed by atoms with Crippen molar-refractivity contribution in [1.82, 2.24) is 34.4 Å². The van der Waals surface area contributed by atoms with Gasteiger partial charge in [0.2, 0.25) is 0 Å². The SMILES string of the molecule is CN(C)C=Nc1ncnc2c1ncn2Cc1ccc2c(c1)Nc1nccnc1S2. The quantitative estimate of drug-likeness (QED) is 0.361. The van der Waals surface area contributed by atoms with Crippen molar-refractivity contribution in [3.8, 4) is 0 Å². The normalized spacial score (nSPS) is 12.6. The van der Waals surface area contributed by atoms with Crippen LogP contribution in [0.5, 0.6) is 0 Å². The number of benzene rings is 1. The van der Waals surface area contributed by atoms with E-state index >= 15 is 0 Å². The average molecular weight is 403 g/mol. The second-order valence-electron chi connectivity index (χ2n) is 6.72.